The second-order valence-electron chi connectivity index (χ2n) is 6.91. The molecule has 0 bridgehead atoms. The summed E-state index contributed by atoms with van der Waals surface area (Å²) in [4.78, 5) is 0.345. The molecule has 140 valence electrons. The zero-order chi connectivity index (χ0) is 18.9. The minimum Gasteiger partial charge on any atom is -0.249 e. The molecule has 27 heavy (non-hydrogen) atoms. The summed E-state index contributed by atoms with van der Waals surface area (Å²) >= 11 is 0. The lowest BCUT2D eigenvalue weighted by Crippen LogP contribution is -2.39. The molecule has 3 aromatic rings. The molecule has 0 spiro atoms. The Kier molecular flexibility index (Phi) is 4.80. The van der Waals surface area contributed by atoms with Crippen LogP contribution in [0.15, 0.2) is 65.8 Å². The molecule has 7 heteroatoms. The molecule has 6 nitrogen and oxygen atoms in total. The topological polar surface area (TPSA) is 68.1 Å². The molecule has 2 aromatic carbocycles. The second-order valence-corrected chi connectivity index (χ2v) is 8.85. The van der Waals surface area contributed by atoms with Crippen molar-refractivity contribution in [2.24, 2.45) is 0 Å². The number of piperidine rings is 1. The number of aromatic nitrogens is 3. The van der Waals surface area contributed by atoms with E-state index in [9.17, 15) is 8.42 Å². The molecule has 1 aromatic heterocycles. The summed E-state index contributed by atoms with van der Waals surface area (Å²) in [5, 5.41) is 7.86. The van der Waals surface area contributed by atoms with Gasteiger partial charge in [-0.25, -0.2) is 13.1 Å². The molecule has 4 rings (SSSR count). The Hall–Kier alpha value is -2.51. The van der Waals surface area contributed by atoms with Crippen LogP contribution in [-0.2, 0) is 10.0 Å². The number of hydrogen-bond donors (Lipinski definition) is 0. The molecule has 0 unspecified atom stereocenters. The zero-order valence-electron chi connectivity index (χ0n) is 15.2. The highest BCUT2D eigenvalue weighted by Crippen LogP contribution is 2.28. The lowest BCUT2D eigenvalue weighted by atomic mass is 10.0. The summed E-state index contributed by atoms with van der Waals surface area (Å²) in [6, 6.07) is 15.6. The Morgan fingerprint density at radius 2 is 1.52 bits per heavy atom. The third kappa shape index (κ3) is 3.65. The third-order valence-corrected chi connectivity index (χ3v) is 7.03. The molecule has 1 aliphatic rings. The van der Waals surface area contributed by atoms with Gasteiger partial charge in [-0.05, 0) is 43.0 Å². The summed E-state index contributed by atoms with van der Waals surface area (Å²) in [5.41, 5.74) is 3.30. The van der Waals surface area contributed by atoms with Crippen molar-refractivity contribution in [2.45, 2.75) is 30.7 Å². The zero-order valence-corrected chi connectivity index (χ0v) is 16.0. The number of nitrogens with zero attached hydrogens (tertiary/aromatic N) is 4. The van der Waals surface area contributed by atoms with Crippen molar-refractivity contribution < 1.29 is 8.42 Å². The molecule has 0 radical (unpaired) electrons. The monoisotopic (exact) mass is 382 g/mol. The quantitative estimate of drug-likeness (QED) is 0.694. The molecule has 0 amide bonds. The Labute approximate surface area is 159 Å². The van der Waals surface area contributed by atoms with Gasteiger partial charge in [-0.3, -0.25) is 0 Å². The molecule has 1 aliphatic heterocycles. The standard InChI is InChI=1S/C20H22N4O2S/c1-16-2-4-17(5-3-16)18-6-8-20(9-7-18)27(25,26)23-13-10-19(11-14-23)24-15-12-21-22-24/h2-9,12,15,19H,10-11,13-14H2,1H3. The van der Waals surface area contributed by atoms with Crippen LogP contribution in [0, 0.1) is 6.92 Å². The van der Waals surface area contributed by atoms with Gasteiger partial charge in [-0.2, -0.15) is 4.31 Å². The largest absolute Gasteiger partial charge is 0.249 e. The summed E-state index contributed by atoms with van der Waals surface area (Å²) in [6.45, 7) is 3.03. The predicted molar refractivity (Wildman–Crippen MR) is 104 cm³/mol. The van der Waals surface area contributed by atoms with E-state index in [2.05, 4.69) is 22.4 Å². The number of aryl methyl sites for hydroxylation is 1. The van der Waals surface area contributed by atoms with Crippen LogP contribution in [0.5, 0.6) is 0 Å². The number of benzene rings is 2. The van der Waals surface area contributed by atoms with Gasteiger partial charge in [-0.1, -0.05) is 47.2 Å². The van der Waals surface area contributed by atoms with Crippen LogP contribution < -0.4 is 0 Å². The molecular formula is C20H22N4O2S. The second kappa shape index (κ2) is 7.25. The van der Waals surface area contributed by atoms with Crippen LogP contribution in [0.25, 0.3) is 11.1 Å². The highest BCUT2D eigenvalue weighted by molar-refractivity contribution is 7.89. The van der Waals surface area contributed by atoms with Crippen molar-refractivity contribution in [3.05, 3.63) is 66.5 Å². The van der Waals surface area contributed by atoms with Crippen molar-refractivity contribution in [1.82, 2.24) is 19.3 Å². The fraction of sp³-hybridized carbons (Fsp3) is 0.300. The van der Waals surface area contributed by atoms with E-state index in [1.807, 2.05) is 42.1 Å². The summed E-state index contributed by atoms with van der Waals surface area (Å²) in [6.07, 6.45) is 4.96. The number of sulfonamides is 1. The molecule has 0 N–H and O–H groups in total. The third-order valence-electron chi connectivity index (χ3n) is 5.12. The van der Waals surface area contributed by atoms with Gasteiger partial charge < -0.3 is 0 Å². The molecule has 1 fully saturated rings. The maximum atomic E-state index is 13.0. The van der Waals surface area contributed by atoms with E-state index in [0.29, 0.717) is 18.0 Å². The van der Waals surface area contributed by atoms with E-state index in [1.54, 1.807) is 22.6 Å². The first-order chi connectivity index (χ1) is 13.0. The number of hydrogen-bond acceptors (Lipinski definition) is 4. The molecule has 0 atom stereocenters. The minimum absolute atomic E-state index is 0.211. The summed E-state index contributed by atoms with van der Waals surface area (Å²) < 4.78 is 29.3. The number of rotatable bonds is 4. The predicted octanol–water partition coefficient (Wildman–Crippen LogP) is 3.28. The van der Waals surface area contributed by atoms with Crippen molar-refractivity contribution in [1.29, 1.82) is 0 Å². The van der Waals surface area contributed by atoms with Crippen LogP contribution in [-0.4, -0.2) is 40.8 Å². The average Bonchev–Trinajstić information content (AvgIpc) is 3.24. The van der Waals surface area contributed by atoms with Crippen molar-refractivity contribution >= 4 is 10.0 Å². The van der Waals surface area contributed by atoms with Crippen molar-refractivity contribution in [2.75, 3.05) is 13.1 Å². The van der Waals surface area contributed by atoms with Gasteiger partial charge >= 0.3 is 0 Å². The van der Waals surface area contributed by atoms with Gasteiger partial charge in [0.15, 0.2) is 0 Å². The lowest BCUT2D eigenvalue weighted by molar-refractivity contribution is 0.258. The van der Waals surface area contributed by atoms with Crippen LogP contribution in [0.1, 0.15) is 24.4 Å². The first kappa shape index (κ1) is 17.9. The van der Waals surface area contributed by atoms with Crippen molar-refractivity contribution in [3.8, 4) is 11.1 Å². The smallest absolute Gasteiger partial charge is 0.243 e. The van der Waals surface area contributed by atoms with Crippen LogP contribution >= 0.6 is 0 Å². The lowest BCUT2D eigenvalue weighted by Gasteiger charge is -2.31. The van der Waals surface area contributed by atoms with E-state index >= 15 is 0 Å². The van der Waals surface area contributed by atoms with Gasteiger partial charge in [0.1, 0.15) is 0 Å². The summed E-state index contributed by atoms with van der Waals surface area (Å²) in [7, 11) is -3.47. The van der Waals surface area contributed by atoms with Crippen LogP contribution in [0.4, 0.5) is 0 Å². The Bertz CT molecular complexity index is 989. The molecular weight excluding hydrogens is 360 g/mol. The van der Waals surface area contributed by atoms with Gasteiger partial charge in [0.2, 0.25) is 10.0 Å². The van der Waals surface area contributed by atoms with Gasteiger partial charge in [-0.15, -0.1) is 5.10 Å². The molecule has 0 aliphatic carbocycles. The Balaban J connectivity index is 1.48. The Morgan fingerprint density at radius 1 is 0.926 bits per heavy atom. The maximum absolute atomic E-state index is 13.0. The minimum atomic E-state index is -3.47. The van der Waals surface area contributed by atoms with Gasteiger partial charge in [0, 0.05) is 19.3 Å². The SMILES string of the molecule is Cc1ccc(-c2ccc(S(=O)(=O)N3CCC(n4ccnn4)CC3)cc2)cc1. The normalized spacial score (nSPS) is 16.5. The Morgan fingerprint density at radius 3 is 2.07 bits per heavy atom. The molecule has 0 saturated carbocycles. The van der Waals surface area contributed by atoms with E-state index in [1.165, 1.54) is 5.56 Å². The van der Waals surface area contributed by atoms with Gasteiger partial charge in [0.25, 0.3) is 0 Å². The first-order valence-corrected chi connectivity index (χ1v) is 10.5. The summed E-state index contributed by atoms with van der Waals surface area (Å²) in [5.74, 6) is 0. The average molecular weight is 382 g/mol. The van der Waals surface area contributed by atoms with Gasteiger partial charge in [0.05, 0.1) is 17.1 Å². The highest BCUT2D eigenvalue weighted by Gasteiger charge is 2.30. The molecule has 1 saturated heterocycles. The van der Waals surface area contributed by atoms with E-state index in [4.69, 9.17) is 0 Å². The van der Waals surface area contributed by atoms with Crippen LogP contribution in [0.2, 0.25) is 0 Å². The maximum Gasteiger partial charge on any atom is 0.243 e. The fourth-order valence-corrected chi connectivity index (χ4v) is 4.94. The van der Waals surface area contributed by atoms with Crippen LogP contribution in [0.3, 0.4) is 0 Å². The van der Waals surface area contributed by atoms with Crippen molar-refractivity contribution in [3.63, 3.8) is 0 Å². The van der Waals surface area contributed by atoms with E-state index < -0.39 is 10.0 Å². The molecule has 2 heterocycles. The van der Waals surface area contributed by atoms with E-state index in [0.717, 1.165) is 24.0 Å². The first-order valence-electron chi connectivity index (χ1n) is 9.07. The fourth-order valence-electron chi connectivity index (χ4n) is 3.47. The van der Waals surface area contributed by atoms with E-state index in [-0.39, 0.29) is 6.04 Å². The highest BCUT2D eigenvalue weighted by atomic mass is 32.2.